The van der Waals surface area contributed by atoms with Crippen LogP contribution in [0.3, 0.4) is 0 Å². The van der Waals surface area contributed by atoms with Crippen molar-refractivity contribution in [1.29, 1.82) is 0 Å². The van der Waals surface area contributed by atoms with E-state index in [1.165, 1.54) is 12.8 Å². The molecule has 0 unspecified atom stereocenters. The van der Waals surface area contributed by atoms with Crippen molar-refractivity contribution in [3.8, 4) is 11.5 Å². The molecule has 2 saturated carbocycles. The van der Waals surface area contributed by atoms with Gasteiger partial charge in [-0.2, -0.15) is 0 Å². The van der Waals surface area contributed by atoms with Gasteiger partial charge in [-0.25, -0.2) is 0 Å². The minimum absolute atomic E-state index is 0.0648. The molecule has 36 heavy (non-hydrogen) atoms. The van der Waals surface area contributed by atoms with E-state index in [1.54, 1.807) is 12.1 Å². The van der Waals surface area contributed by atoms with Crippen LogP contribution < -0.4 is 5.32 Å². The number of aryl methyl sites for hydroxylation is 1. The molecule has 0 radical (unpaired) electrons. The normalized spacial score (nSPS) is 16.8. The molecule has 1 amide bonds. The second-order valence-electron chi connectivity index (χ2n) is 10.0. The van der Waals surface area contributed by atoms with Gasteiger partial charge in [-0.15, -0.1) is 0 Å². The SMILES string of the molecule is Cc1ccc(NC(=O)C[C@H](CCC(=O)O)c2noc(-c3cc(C4CCCC4)on3)c2C2CC2)c(Cl)c1. The van der Waals surface area contributed by atoms with E-state index in [-0.39, 0.29) is 31.1 Å². The molecule has 2 heterocycles. The van der Waals surface area contributed by atoms with Crippen LogP contribution in [0, 0.1) is 6.92 Å². The summed E-state index contributed by atoms with van der Waals surface area (Å²) in [5, 5.41) is 21.3. The van der Waals surface area contributed by atoms with Crippen molar-refractivity contribution in [3.05, 3.63) is 51.9 Å². The molecular formula is C27H30ClN3O5. The number of nitrogens with one attached hydrogen (secondary N) is 1. The van der Waals surface area contributed by atoms with Gasteiger partial charge in [0.2, 0.25) is 5.91 Å². The van der Waals surface area contributed by atoms with E-state index in [1.807, 2.05) is 19.1 Å². The molecule has 0 bridgehead atoms. The molecule has 2 fully saturated rings. The number of aromatic nitrogens is 2. The number of benzene rings is 1. The number of anilines is 1. The molecule has 3 aromatic rings. The number of carboxylic acid groups (broad SMARTS) is 1. The van der Waals surface area contributed by atoms with E-state index in [9.17, 15) is 14.7 Å². The van der Waals surface area contributed by atoms with Crippen LogP contribution in [-0.4, -0.2) is 27.3 Å². The maximum atomic E-state index is 13.0. The van der Waals surface area contributed by atoms with Gasteiger partial charge in [0.05, 0.1) is 16.4 Å². The summed E-state index contributed by atoms with van der Waals surface area (Å²) < 4.78 is 11.5. The predicted octanol–water partition coefficient (Wildman–Crippen LogP) is 6.80. The number of rotatable bonds is 10. The first-order valence-electron chi connectivity index (χ1n) is 12.6. The molecule has 2 aromatic heterocycles. The molecule has 2 aliphatic rings. The number of nitrogens with zero attached hydrogens (tertiary/aromatic N) is 2. The number of aliphatic carboxylic acids is 1. The fourth-order valence-electron chi connectivity index (χ4n) is 5.13. The molecule has 2 aliphatic carbocycles. The van der Waals surface area contributed by atoms with Crippen LogP contribution in [-0.2, 0) is 9.59 Å². The zero-order valence-corrected chi connectivity index (χ0v) is 21.0. The average molecular weight is 512 g/mol. The Kier molecular flexibility index (Phi) is 7.14. The highest BCUT2D eigenvalue weighted by atomic mass is 35.5. The van der Waals surface area contributed by atoms with E-state index in [0.717, 1.165) is 42.6 Å². The summed E-state index contributed by atoms with van der Waals surface area (Å²) in [6.07, 6.45) is 6.83. The average Bonchev–Trinajstić information content (AvgIpc) is 3.22. The van der Waals surface area contributed by atoms with Gasteiger partial charge in [0.1, 0.15) is 5.76 Å². The van der Waals surface area contributed by atoms with Crippen molar-refractivity contribution in [2.75, 3.05) is 5.32 Å². The molecule has 5 rings (SSSR count). The smallest absolute Gasteiger partial charge is 0.303 e. The summed E-state index contributed by atoms with van der Waals surface area (Å²) in [6, 6.07) is 7.37. The number of carboxylic acids is 1. The van der Waals surface area contributed by atoms with Crippen molar-refractivity contribution in [1.82, 2.24) is 10.3 Å². The molecule has 9 heteroatoms. The highest BCUT2D eigenvalue weighted by Crippen LogP contribution is 2.49. The monoisotopic (exact) mass is 511 g/mol. The van der Waals surface area contributed by atoms with Gasteiger partial charge in [0.15, 0.2) is 11.5 Å². The largest absolute Gasteiger partial charge is 0.481 e. The Labute approximate surface area is 214 Å². The van der Waals surface area contributed by atoms with Gasteiger partial charge >= 0.3 is 5.97 Å². The lowest BCUT2D eigenvalue weighted by Gasteiger charge is -2.16. The highest BCUT2D eigenvalue weighted by Gasteiger charge is 2.37. The maximum absolute atomic E-state index is 13.0. The number of hydrogen-bond acceptors (Lipinski definition) is 6. The van der Waals surface area contributed by atoms with E-state index in [0.29, 0.717) is 33.8 Å². The van der Waals surface area contributed by atoms with Crippen LogP contribution in [0.15, 0.2) is 33.3 Å². The zero-order chi connectivity index (χ0) is 25.2. The first kappa shape index (κ1) is 24.6. The molecule has 0 saturated heterocycles. The molecule has 0 spiro atoms. The quantitative estimate of drug-likeness (QED) is 0.307. The minimum Gasteiger partial charge on any atom is -0.481 e. The molecule has 8 nitrogen and oxygen atoms in total. The van der Waals surface area contributed by atoms with E-state index in [2.05, 4.69) is 15.6 Å². The van der Waals surface area contributed by atoms with Crippen LogP contribution in [0.25, 0.3) is 11.5 Å². The number of halogens is 1. The zero-order valence-electron chi connectivity index (χ0n) is 20.3. The topological polar surface area (TPSA) is 118 Å². The minimum atomic E-state index is -0.920. The van der Waals surface area contributed by atoms with Crippen LogP contribution in [0.1, 0.15) is 98.1 Å². The molecule has 0 aliphatic heterocycles. The van der Waals surface area contributed by atoms with E-state index < -0.39 is 11.9 Å². The summed E-state index contributed by atoms with van der Waals surface area (Å²) in [6.45, 7) is 1.92. The lowest BCUT2D eigenvalue weighted by atomic mass is 9.90. The summed E-state index contributed by atoms with van der Waals surface area (Å²) in [5.41, 5.74) is 3.70. The molecule has 1 aromatic carbocycles. The first-order chi connectivity index (χ1) is 17.4. The lowest BCUT2D eigenvalue weighted by Crippen LogP contribution is -2.17. The number of carbonyl (C=O) groups excluding carboxylic acids is 1. The Hall–Kier alpha value is -3.13. The predicted molar refractivity (Wildman–Crippen MR) is 134 cm³/mol. The summed E-state index contributed by atoms with van der Waals surface area (Å²) in [5.74, 6) is 0.499. The Bertz CT molecular complexity index is 1260. The maximum Gasteiger partial charge on any atom is 0.303 e. The van der Waals surface area contributed by atoms with Crippen molar-refractivity contribution in [3.63, 3.8) is 0 Å². The highest BCUT2D eigenvalue weighted by molar-refractivity contribution is 6.33. The molecule has 190 valence electrons. The van der Waals surface area contributed by atoms with Crippen molar-refractivity contribution in [2.45, 2.75) is 82.5 Å². The molecule has 1 atom stereocenters. The third-order valence-corrected chi connectivity index (χ3v) is 7.50. The van der Waals surface area contributed by atoms with Gasteiger partial charge < -0.3 is 19.5 Å². The van der Waals surface area contributed by atoms with E-state index in [4.69, 9.17) is 20.6 Å². The van der Waals surface area contributed by atoms with Crippen LogP contribution in [0.5, 0.6) is 0 Å². The van der Waals surface area contributed by atoms with Crippen molar-refractivity contribution < 1.29 is 23.7 Å². The fraction of sp³-hybridized carbons (Fsp3) is 0.481. The Morgan fingerprint density at radius 3 is 2.58 bits per heavy atom. The van der Waals surface area contributed by atoms with Gasteiger partial charge in [0.25, 0.3) is 0 Å². The summed E-state index contributed by atoms with van der Waals surface area (Å²) in [4.78, 5) is 24.4. The molecule has 2 N–H and O–H groups in total. The third-order valence-electron chi connectivity index (χ3n) is 7.18. The van der Waals surface area contributed by atoms with Gasteiger partial charge in [-0.1, -0.05) is 40.8 Å². The summed E-state index contributed by atoms with van der Waals surface area (Å²) in [7, 11) is 0. The Morgan fingerprint density at radius 1 is 1.11 bits per heavy atom. The van der Waals surface area contributed by atoms with Crippen molar-refractivity contribution in [2.24, 2.45) is 0 Å². The van der Waals surface area contributed by atoms with Crippen LogP contribution in [0.4, 0.5) is 5.69 Å². The Balaban J connectivity index is 1.41. The Morgan fingerprint density at radius 2 is 1.89 bits per heavy atom. The van der Waals surface area contributed by atoms with Crippen LogP contribution >= 0.6 is 11.6 Å². The standard InChI is InChI=1S/C27H30ClN3O5/c1-15-6-10-20(19(28)12-15)29-23(32)13-18(9-11-24(33)34)26-25(17-7-8-17)27(36-31-26)21-14-22(35-30-21)16-4-2-3-5-16/h6,10,12,14,16-18H,2-5,7-9,11,13H2,1H3,(H,29,32)(H,33,34)/t18-/m0/s1. The van der Waals surface area contributed by atoms with Gasteiger partial charge in [-0.05, 0) is 62.6 Å². The second kappa shape index (κ2) is 10.5. The number of hydrogen-bond donors (Lipinski definition) is 2. The van der Waals surface area contributed by atoms with Crippen LogP contribution in [0.2, 0.25) is 5.02 Å². The first-order valence-corrected chi connectivity index (χ1v) is 13.0. The lowest BCUT2D eigenvalue weighted by molar-refractivity contribution is -0.137. The summed E-state index contributed by atoms with van der Waals surface area (Å²) >= 11 is 6.29. The number of carbonyl (C=O) groups is 2. The molecular weight excluding hydrogens is 482 g/mol. The van der Waals surface area contributed by atoms with Gasteiger partial charge in [0, 0.05) is 36.3 Å². The third kappa shape index (κ3) is 5.48. The van der Waals surface area contributed by atoms with Crippen molar-refractivity contribution >= 4 is 29.2 Å². The second-order valence-corrected chi connectivity index (χ2v) is 10.5. The number of amides is 1. The van der Waals surface area contributed by atoms with Gasteiger partial charge in [-0.3, -0.25) is 9.59 Å². The van der Waals surface area contributed by atoms with E-state index >= 15 is 0 Å². The fourth-order valence-corrected chi connectivity index (χ4v) is 5.42.